The van der Waals surface area contributed by atoms with Crippen molar-refractivity contribution in [2.75, 3.05) is 26.9 Å². The molecule has 0 spiro atoms. The molecule has 1 fully saturated rings. The van der Waals surface area contributed by atoms with Gasteiger partial charge in [-0.25, -0.2) is 0 Å². The normalized spacial score (nSPS) is 19.6. The van der Waals surface area contributed by atoms with Crippen molar-refractivity contribution < 1.29 is 9.47 Å². The Labute approximate surface area is 92.5 Å². The lowest BCUT2D eigenvalue weighted by Gasteiger charge is -2.22. The third-order valence-corrected chi connectivity index (χ3v) is 3.19. The maximum Gasteiger partial charge on any atom is 0.0700 e. The van der Waals surface area contributed by atoms with Crippen LogP contribution in [0.5, 0.6) is 0 Å². The molecule has 1 aliphatic rings. The Morgan fingerprint density at radius 1 is 1.27 bits per heavy atom. The third-order valence-electron chi connectivity index (χ3n) is 3.19. The fourth-order valence-corrected chi connectivity index (χ4v) is 2.27. The standard InChI is InChI=1S/C11H24N2O2/c1-14-8-9-15-7-6-11(13-12)10-4-2-3-5-10/h10-11,13H,2-9,12H2,1H3. The number of hydrogen-bond acceptors (Lipinski definition) is 4. The molecule has 0 aromatic rings. The van der Waals surface area contributed by atoms with Gasteiger partial charge in [0.25, 0.3) is 0 Å². The lowest BCUT2D eigenvalue weighted by molar-refractivity contribution is 0.0629. The van der Waals surface area contributed by atoms with E-state index in [1.54, 1.807) is 7.11 Å². The van der Waals surface area contributed by atoms with Crippen molar-refractivity contribution in [2.45, 2.75) is 38.1 Å². The van der Waals surface area contributed by atoms with Gasteiger partial charge in [0.15, 0.2) is 0 Å². The van der Waals surface area contributed by atoms with Crippen LogP contribution in [0.3, 0.4) is 0 Å². The summed E-state index contributed by atoms with van der Waals surface area (Å²) in [7, 11) is 1.69. The van der Waals surface area contributed by atoms with Gasteiger partial charge in [-0.15, -0.1) is 0 Å². The Morgan fingerprint density at radius 3 is 2.60 bits per heavy atom. The topological polar surface area (TPSA) is 56.5 Å². The van der Waals surface area contributed by atoms with Crippen LogP contribution in [-0.2, 0) is 9.47 Å². The van der Waals surface area contributed by atoms with Gasteiger partial charge in [0.1, 0.15) is 0 Å². The summed E-state index contributed by atoms with van der Waals surface area (Å²) >= 11 is 0. The Morgan fingerprint density at radius 2 is 2.00 bits per heavy atom. The summed E-state index contributed by atoms with van der Waals surface area (Å²) in [4.78, 5) is 0. The van der Waals surface area contributed by atoms with Gasteiger partial charge in [-0.05, 0) is 25.2 Å². The summed E-state index contributed by atoms with van der Waals surface area (Å²) in [6, 6.07) is 0.426. The van der Waals surface area contributed by atoms with Crippen LogP contribution in [0.1, 0.15) is 32.1 Å². The van der Waals surface area contributed by atoms with E-state index in [0.29, 0.717) is 19.3 Å². The zero-order valence-electron chi connectivity index (χ0n) is 9.71. The Balaban J connectivity index is 2.05. The number of hydrazine groups is 1. The number of methoxy groups -OCH3 is 1. The van der Waals surface area contributed by atoms with Crippen molar-refractivity contribution in [2.24, 2.45) is 11.8 Å². The molecule has 4 heteroatoms. The second kappa shape index (κ2) is 8.05. The molecule has 1 atom stereocenters. The van der Waals surface area contributed by atoms with Crippen molar-refractivity contribution in [1.29, 1.82) is 0 Å². The number of hydrogen-bond donors (Lipinski definition) is 2. The smallest absolute Gasteiger partial charge is 0.0700 e. The molecule has 0 saturated heterocycles. The van der Waals surface area contributed by atoms with E-state index in [9.17, 15) is 0 Å². The zero-order valence-corrected chi connectivity index (χ0v) is 9.71. The maximum atomic E-state index is 5.56. The fraction of sp³-hybridized carbons (Fsp3) is 1.00. The lowest BCUT2D eigenvalue weighted by atomic mass is 9.96. The molecule has 0 heterocycles. The summed E-state index contributed by atoms with van der Waals surface area (Å²) in [6.07, 6.45) is 6.34. The van der Waals surface area contributed by atoms with Crippen molar-refractivity contribution in [3.05, 3.63) is 0 Å². The van der Waals surface area contributed by atoms with Crippen LogP contribution >= 0.6 is 0 Å². The molecular formula is C11H24N2O2. The minimum atomic E-state index is 0.426. The second-order valence-electron chi connectivity index (χ2n) is 4.21. The predicted octanol–water partition coefficient (Wildman–Crippen LogP) is 1.06. The van der Waals surface area contributed by atoms with E-state index >= 15 is 0 Å². The summed E-state index contributed by atoms with van der Waals surface area (Å²) in [5.74, 6) is 6.31. The van der Waals surface area contributed by atoms with Crippen LogP contribution in [0.4, 0.5) is 0 Å². The molecule has 4 nitrogen and oxygen atoms in total. The molecule has 1 rings (SSSR count). The molecule has 1 unspecified atom stereocenters. The minimum absolute atomic E-state index is 0.426. The fourth-order valence-electron chi connectivity index (χ4n) is 2.27. The van der Waals surface area contributed by atoms with Crippen molar-refractivity contribution in [3.8, 4) is 0 Å². The molecule has 90 valence electrons. The molecule has 0 amide bonds. The quantitative estimate of drug-likeness (QED) is 0.362. The van der Waals surface area contributed by atoms with Gasteiger partial charge in [-0.1, -0.05) is 12.8 Å². The van der Waals surface area contributed by atoms with Gasteiger partial charge in [-0.2, -0.15) is 0 Å². The predicted molar refractivity (Wildman–Crippen MR) is 60.4 cm³/mol. The molecule has 0 aromatic carbocycles. The van der Waals surface area contributed by atoms with E-state index < -0.39 is 0 Å². The van der Waals surface area contributed by atoms with Gasteiger partial charge < -0.3 is 9.47 Å². The van der Waals surface area contributed by atoms with Gasteiger partial charge in [0.05, 0.1) is 13.2 Å². The number of nitrogens with one attached hydrogen (secondary N) is 1. The molecule has 1 saturated carbocycles. The molecule has 0 bridgehead atoms. The minimum Gasteiger partial charge on any atom is -0.382 e. The summed E-state index contributed by atoms with van der Waals surface area (Å²) < 4.78 is 10.4. The van der Waals surface area contributed by atoms with Crippen LogP contribution in [0, 0.1) is 5.92 Å². The zero-order chi connectivity index (χ0) is 10.9. The van der Waals surface area contributed by atoms with Gasteiger partial charge in [0, 0.05) is 19.8 Å². The van der Waals surface area contributed by atoms with E-state index in [1.165, 1.54) is 25.7 Å². The van der Waals surface area contributed by atoms with Gasteiger partial charge in [0.2, 0.25) is 0 Å². The third kappa shape index (κ3) is 4.93. The summed E-state index contributed by atoms with van der Waals surface area (Å²) in [5, 5.41) is 0. The summed E-state index contributed by atoms with van der Waals surface area (Å²) in [6.45, 7) is 2.12. The molecule has 0 aliphatic heterocycles. The Hall–Kier alpha value is -0.160. The van der Waals surface area contributed by atoms with E-state index in [2.05, 4.69) is 5.43 Å². The monoisotopic (exact) mass is 216 g/mol. The van der Waals surface area contributed by atoms with Crippen LogP contribution in [0.15, 0.2) is 0 Å². The van der Waals surface area contributed by atoms with Crippen molar-refractivity contribution in [1.82, 2.24) is 5.43 Å². The van der Waals surface area contributed by atoms with Crippen molar-refractivity contribution in [3.63, 3.8) is 0 Å². The number of ether oxygens (including phenoxy) is 2. The first-order chi connectivity index (χ1) is 7.38. The first-order valence-electron chi connectivity index (χ1n) is 5.91. The number of nitrogens with two attached hydrogens (primary N) is 1. The highest BCUT2D eigenvalue weighted by molar-refractivity contribution is 4.78. The SMILES string of the molecule is COCCOCCC(NN)C1CCCC1. The average molecular weight is 216 g/mol. The first-order valence-corrected chi connectivity index (χ1v) is 5.91. The molecule has 1 aliphatic carbocycles. The van der Waals surface area contributed by atoms with E-state index in [1.807, 2.05) is 0 Å². The molecule has 0 aromatic heterocycles. The highest BCUT2D eigenvalue weighted by atomic mass is 16.5. The van der Waals surface area contributed by atoms with Gasteiger partial charge in [-0.3, -0.25) is 11.3 Å². The Bertz CT molecular complexity index is 150. The highest BCUT2D eigenvalue weighted by Crippen LogP contribution is 2.28. The average Bonchev–Trinajstić information content (AvgIpc) is 2.77. The largest absolute Gasteiger partial charge is 0.382 e. The second-order valence-corrected chi connectivity index (χ2v) is 4.21. The van der Waals surface area contributed by atoms with Crippen LogP contribution in [-0.4, -0.2) is 33.0 Å². The summed E-state index contributed by atoms with van der Waals surface area (Å²) in [5.41, 5.74) is 2.92. The van der Waals surface area contributed by atoms with Crippen LogP contribution in [0.25, 0.3) is 0 Å². The maximum absolute atomic E-state index is 5.56. The number of rotatable bonds is 8. The molecule has 3 N–H and O–H groups in total. The molecule has 15 heavy (non-hydrogen) atoms. The van der Waals surface area contributed by atoms with Crippen LogP contribution in [0.2, 0.25) is 0 Å². The van der Waals surface area contributed by atoms with E-state index in [-0.39, 0.29) is 0 Å². The van der Waals surface area contributed by atoms with E-state index in [4.69, 9.17) is 15.3 Å². The highest BCUT2D eigenvalue weighted by Gasteiger charge is 2.23. The first kappa shape index (κ1) is 12.9. The molecular weight excluding hydrogens is 192 g/mol. The lowest BCUT2D eigenvalue weighted by Crippen LogP contribution is -2.40. The van der Waals surface area contributed by atoms with Crippen molar-refractivity contribution >= 4 is 0 Å². The van der Waals surface area contributed by atoms with Crippen LogP contribution < -0.4 is 11.3 Å². The Kier molecular flexibility index (Phi) is 6.92. The van der Waals surface area contributed by atoms with Gasteiger partial charge >= 0.3 is 0 Å². The van der Waals surface area contributed by atoms with E-state index in [0.717, 1.165) is 18.9 Å². The molecule has 0 radical (unpaired) electrons.